The molecule has 180 valence electrons. The summed E-state index contributed by atoms with van der Waals surface area (Å²) in [7, 11) is 0. The summed E-state index contributed by atoms with van der Waals surface area (Å²) in [6, 6.07) is 22.6. The van der Waals surface area contributed by atoms with Crippen molar-refractivity contribution in [3.05, 3.63) is 99.8 Å². The van der Waals surface area contributed by atoms with Crippen molar-refractivity contribution in [3.8, 4) is 0 Å². The van der Waals surface area contributed by atoms with Crippen molar-refractivity contribution in [1.29, 1.82) is 0 Å². The fraction of sp³-hybridized carbons (Fsp3) is 0.345. The molecule has 4 heteroatoms. The highest BCUT2D eigenvalue weighted by molar-refractivity contribution is 9.10. The number of rotatable bonds is 6. The zero-order chi connectivity index (χ0) is 25.1. The van der Waals surface area contributed by atoms with Gasteiger partial charge in [-0.2, -0.15) is 0 Å². The Morgan fingerprint density at radius 1 is 0.788 bits per heavy atom. The SMILES string of the molecule is CC.CC.CCCc1ccc(F)cc1.Cc1ccc(NC(=O)CCc2ccc(Br)cc2)cc1. The van der Waals surface area contributed by atoms with Gasteiger partial charge in [-0.3, -0.25) is 4.79 Å². The van der Waals surface area contributed by atoms with Gasteiger partial charge in [0.2, 0.25) is 5.91 Å². The van der Waals surface area contributed by atoms with Gasteiger partial charge in [-0.25, -0.2) is 4.39 Å². The summed E-state index contributed by atoms with van der Waals surface area (Å²) in [5, 5.41) is 2.90. The largest absolute Gasteiger partial charge is 0.326 e. The molecule has 0 fully saturated rings. The van der Waals surface area contributed by atoms with E-state index in [0.29, 0.717) is 6.42 Å². The maximum Gasteiger partial charge on any atom is 0.224 e. The fourth-order valence-electron chi connectivity index (χ4n) is 2.71. The molecule has 0 aromatic heterocycles. The van der Waals surface area contributed by atoms with Crippen LogP contribution in [-0.2, 0) is 17.6 Å². The number of halogens is 2. The summed E-state index contributed by atoms with van der Waals surface area (Å²) >= 11 is 3.40. The number of hydrogen-bond donors (Lipinski definition) is 1. The lowest BCUT2D eigenvalue weighted by atomic mass is 10.1. The van der Waals surface area contributed by atoms with Crippen molar-refractivity contribution >= 4 is 27.5 Å². The molecule has 0 atom stereocenters. The fourth-order valence-corrected chi connectivity index (χ4v) is 2.97. The van der Waals surface area contributed by atoms with Gasteiger partial charge < -0.3 is 5.32 Å². The Morgan fingerprint density at radius 2 is 1.27 bits per heavy atom. The van der Waals surface area contributed by atoms with Gasteiger partial charge in [-0.1, -0.05) is 98.9 Å². The van der Waals surface area contributed by atoms with Crippen LogP contribution in [0, 0.1) is 12.7 Å². The molecular formula is C29H39BrFNO. The second-order valence-corrected chi connectivity index (χ2v) is 7.83. The molecule has 0 aliphatic rings. The minimum atomic E-state index is -0.153. The van der Waals surface area contributed by atoms with Gasteiger partial charge in [0.05, 0.1) is 0 Å². The molecule has 0 bridgehead atoms. The van der Waals surface area contributed by atoms with E-state index >= 15 is 0 Å². The summed E-state index contributed by atoms with van der Waals surface area (Å²) in [6.45, 7) is 12.1. The second-order valence-electron chi connectivity index (χ2n) is 6.92. The Balaban J connectivity index is 0.000000617. The first kappa shape index (κ1) is 30.5. The van der Waals surface area contributed by atoms with Crippen LogP contribution in [0.5, 0.6) is 0 Å². The van der Waals surface area contributed by atoms with Crippen LogP contribution in [0.1, 0.15) is 64.2 Å². The van der Waals surface area contributed by atoms with E-state index in [1.165, 1.54) is 28.8 Å². The van der Waals surface area contributed by atoms with E-state index in [4.69, 9.17) is 0 Å². The van der Waals surface area contributed by atoms with Gasteiger partial charge in [0.15, 0.2) is 0 Å². The number of benzene rings is 3. The third-order valence-corrected chi connectivity index (χ3v) is 4.87. The highest BCUT2D eigenvalue weighted by Crippen LogP contribution is 2.13. The molecule has 1 amide bonds. The van der Waals surface area contributed by atoms with Crippen LogP contribution >= 0.6 is 15.9 Å². The summed E-state index contributed by atoms with van der Waals surface area (Å²) < 4.78 is 13.4. The summed E-state index contributed by atoms with van der Waals surface area (Å²) in [5.41, 5.74) is 4.42. The van der Waals surface area contributed by atoms with Crippen LogP contribution in [0.2, 0.25) is 0 Å². The maximum absolute atomic E-state index is 12.3. The van der Waals surface area contributed by atoms with Crippen LogP contribution in [0.4, 0.5) is 10.1 Å². The first-order valence-electron chi connectivity index (χ1n) is 11.8. The Labute approximate surface area is 208 Å². The predicted molar refractivity (Wildman–Crippen MR) is 145 cm³/mol. The van der Waals surface area contributed by atoms with Crippen LogP contribution in [-0.4, -0.2) is 5.91 Å². The number of anilines is 1. The lowest BCUT2D eigenvalue weighted by molar-refractivity contribution is -0.116. The van der Waals surface area contributed by atoms with Gasteiger partial charge >= 0.3 is 0 Å². The normalized spacial score (nSPS) is 9.21. The van der Waals surface area contributed by atoms with Gasteiger partial charge in [0.1, 0.15) is 5.82 Å². The molecule has 3 aromatic carbocycles. The molecule has 2 nitrogen and oxygen atoms in total. The molecule has 0 saturated heterocycles. The molecule has 0 heterocycles. The average molecular weight is 517 g/mol. The number of nitrogens with one attached hydrogen (secondary N) is 1. The molecule has 0 aliphatic heterocycles. The van der Waals surface area contributed by atoms with E-state index in [1.54, 1.807) is 0 Å². The molecule has 3 rings (SSSR count). The summed E-state index contributed by atoms with van der Waals surface area (Å²) in [5.74, 6) is -0.105. The van der Waals surface area contributed by atoms with Crippen molar-refractivity contribution in [2.24, 2.45) is 0 Å². The zero-order valence-electron chi connectivity index (χ0n) is 20.9. The average Bonchev–Trinajstić information content (AvgIpc) is 2.85. The van der Waals surface area contributed by atoms with Crippen molar-refractivity contribution in [2.45, 2.75) is 67.2 Å². The van der Waals surface area contributed by atoms with E-state index < -0.39 is 0 Å². The molecule has 0 aliphatic carbocycles. The number of carbonyl (C=O) groups excluding carboxylic acids is 1. The van der Waals surface area contributed by atoms with Gasteiger partial charge in [-0.05, 0) is 67.3 Å². The Bertz CT molecular complexity index is 875. The second kappa shape index (κ2) is 19.0. The Hall–Kier alpha value is -2.46. The molecule has 3 aromatic rings. The smallest absolute Gasteiger partial charge is 0.224 e. The first-order chi connectivity index (χ1) is 16.0. The van der Waals surface area contributed by atoms with E-state index in [1.807, 2.05) is 95.3 Å². The van der Waals surface area contributed by atoms with Crippen molar-refractivity contribution < 1.29 is 9.18 Å². The highest BCUT2D eigenvalue weighted by atomic mass is 79.9. The van der Waals surface area contributed by atoms with Crippen LogP contribution in [0.3, 0.4) is 0 Å². The lowest BCUT2D eigenvalue weighted by Crippen LogP contribution is -2.12. The topological polar surface area (TPSA) is 29.1 Å². The van der Waals surface area contributed by atoms with Crippen LogP contribution in [0.25, 0.3) is 0 Å². The van der Waals surface area contributed by atoms with E-state index in [9.17, 15) is 9.18 Å². The number of aryl methyl sites for hydroxylation is 3. The zero-order valence-corrected chi connectivity index (χ0v) is 22.5. The van der Waals surface area contributed by atoms with Crippen molar-refractivity contribution in [2.75, 3.05) is 5.32 Å². The molecule has 0 radical (unpaired) electrons. The van der Waals surface area contributed by atoms with Gasteiger partial charge in [0, 0.05) is 16.6 Å². The Morgan fingerprint density at radius 3 is 1.79 bits per heavy atom. The Kier molecular flexibility index (Phi) is 17.6. The molecule has 1 N–H and O–H groups in total. The molecule has 33 heavy (non-hydrogen) atoms. The standard InChI is InChI=1S/C16H16BrNO.C9H11F.2C2H6/c1-12-2-9-15(10-3-12)18-16(19)11-6-13-4-7-14(17)8-5-13;1-2-3-8-4-6-9(10)7-5-8;2*1-2/h2-5,7-10H,6,11H2,1H3,(H,18,19);4-7H,2-3H2,1H3;2*1-2H3. The van der Waals surface area contributed by atoms with E-state index in [2.05, 4.69) is 28.2 Å². The third-order valence-electron chi connectivity index (χ3n) is 4.34. The maximum atomic E-state index is 12.3. The molecular weight excluding hydrogens is 477 g/mol. The quantitative estimate of drug-likeness (QED) is 0.348. The lowest BCUT2D eigenvalue weighted by Gasteiger charge is -2.05. The van der Waals surface area contributed by atoms with Crippen LogP contribution in [0.15, 0.2) is 77.3 Å². The minimum Gasteiger partial charge on any atom is -0.326 e. The highest BCUT2D eigenvalue weighted by Gasteiger charge is 2.03. The molecule has 0 saturated carbocycles. The molecule has 0 unspecified atom stereocenters. The third kappa shape index (κ3) is 14.3. The van der Waals surface area contributed by atoms with E-state index in [0.717, 1.165) is 29.4 Å². The van der Waals surface area contributed by atoms with E-state index in [-0.39, 0.29) is 11.7 Å². The number of hydrogen-bond acceptors (Lipinski definition) is 1. The van der Waals surface area contributed by atoms with Crippen molar-refractivity contribution in [3.63, 3.8) is 0 Å². The summed E-state index contributed by atoms with van der Waals surface area (Å²) in [6.07, 6.45) is 3.41. The number of amides is 1. The first-order valence-corrected chi connectivity index (χ1v) is 12.6. The summed E-state index contributed by atoms with van der Waals surface area (Å²) in [4.78, 5) is 11.8. The number of carbonyl (C=O) groups is 1. The monoisotopic (exact) mass is 515 g/mol. The van der Waals surface area contributed by atoms with Gasteiger partial charge in [-0.15, -0.1) is 0 Å². The van der Waals surface area contributed by atoms with Crippen LogP contribution < -0.4 is 5.32 Å². The molecule has 0 spiro atoms. The van der Waals surface area contributed by atoms with Gasteiger partial charge in [0.25, 0.3) is 0 Å². The van der Waals surface area contributed by atoms with Crippen molar-refractivity contribution in [1.82, 2.24) is 0 Å². The predicted octanol–water partition coefficient (Wildman–Crippen LogP) is 9.16. The minimum absolute atomic E-state index is 0.0479.